The first-order valence-corrected chi connectivity index (χ1v) is 10.0. The number of hydrogen-bond donors (Lipinski definition) is 1. The number of anilines is 1. The van der Waals surface area contributed by atoms with Crippen LogP contribution in [0, 0.1) is 10.1 Å². The minimum atomic E-state index is -0.799. The van der Waals surface area contributed by atoms with Gasteiger partial charge in [0.05, 0.1) is 25.2 Å². The van der Waals surface area contributed by atoms with Crippen molar-refractivity contribution in [2.75, 3.05) is 19.5 Å². The Morgan fingerprint density at radius 1 is 1.16 bits per heavy atom. The van der Waals surface area contributed by atoms with Crippen LogP contribution in [0.1, 0.15) is 24.2 Å². The molecule has 0 bridgehead atoms. The number of nitro groups is 1. The van der Waals surface area contributed by atoms with Crippen molar-refractivity contribution < 1.29 is 23.6 Å². The van der Waals surface area contributed by atoms with Crippen LogP contribution < -0.4 is 14.8 Å². The minimum Gasteiger partial charge on any atom is -0.493 e. The highest BCUT2D eigenvalue weighted by Crippen LogP contribution is 2.35. The molecular formula is C20H20N4O6S. The summed E-state index contributed by atoms with van der Waals surface area (Å²) < 4.78 is 15.7. The van der Waals surface area contributed by atoms with Gasteiger partial charge in [0.2, 0.25) is 5.89 Å². The fraction of sp³-hybridized carbons (Fsp3) is 0.250. The quantitative estimate of drug-likeness (QED) is 0.305. The van der Waals surface area contributed by atoms with Gasteiger partial charge in [-0.15, -0.1) is 16.9 Å². The molecule has 0 radical (unpaired) electrons. The molecule has 3 aromatic rings. The number of thioether (sulfide) groups is 1. The average Bonchev–Trinajstić information content (AvgIpc) is 3.20. The van der Waals surface area contributed by atoms with Crippen molar-refractivity contribution in [1.29, 1.82) is 0 Å². The van der Waals surface area contributed by atoms with Gasteiger partial charge in [0, 0.05) is 21.8 Å². The van der Waals surface area contributed by atoms with Gasteiger partial charge in [0.25, 0.3) is 11.6 Å². The van der Waals surface area contributed by atoms with E-state index in [4.69, 9.17) is 13.9 Å². The van der Waals surface area contributed by atoms with E-state index in [-0.39, 0.29) is 29.0 Å². The van der Waals surface area contributed by atoms with E-state index in [1.807, 2.05) is 24.3 Å². The zero-order valence-electron chi connectivity index (χ0n) is 17.2. The van der Waals surface area contributed by atoms with Crippen LogP contribution in [0.2, 0.25) is 0 Å². The summed E-state index contributed by atoms with van der Waals surface area (Å²) >= 11 is 1.69. The first kappa shape index (κ1) is 22.1. The number of hydrogen-bond acceptors (Lipinski definition) is 9. The molecule has 1 heterocycles. The van der Waals surface area contributed by atoms with Crippen LogP contribution in [0.5, 0.6) is 11.5 Å². The number of nitrogens with one attached hydrogen (secondary N) is 1. The highest BCUT2D eigenvalue weighted by Gasteiger charge is 2.26. The Morgan fingerprint density at radius 3 is 2.52 bits per heavy atom. The number of carbonyl (C=O) groups excluding carboxylic acids is 1. The summed E-state index contributed by atoms with van der Waals surface area (Å²) in [5, 5.41) is 22.0. The maximum Gasteiger partial charge on any atom is 0.322 e. The number of carbonyl (C=O) groups is 1. The predicted octanol–water partition coefficient (Wildman–Crippen LogP) is 4.41. The van der Waals surface area contributed by atoms with Crippen molar-refractivity contribution >= 4 is 29.4 Å². The smallest absolute Gasteiger partial charge is 0.322 e. The predicted molar refractivity (Wildman–Crippen MR) is 115 cm³/mol. The molecule has 0 spiro atoms. The molecule has 0 aliphatic rings. The second-order valence-electron chi connectivity index (χ2n) is 6.54. The van der Waals surface area contributed by atoms with E-state index in [1.54, 1.807) is 11.8 Å². The molecule has 1 N–H and O–H groups in total. The number of benzene rings is 2. The molecule has 162 valence electrons. The molecular weight excluding hydrogens is 424 g/mol. The fourth-order valence-electron chi connectivity index (χ4n) is 2.73. The Kier molecular flexibility index (Phi) is 6.75. The number of nitrogens with zero attached hydrogens (tertiary/aromatic N) is 3. The van der Waals surface area contributed by atoms with E-state index in [0.717, 1.165) is 11.0 Å². The van der Waals surface area contributed by atoms with Crippen molar-refractivity contribution in [3.8, 4) is 23.0 Å². The van der Waals surface area contributed by atoms with E-state index in [0.29, 0.717) is 10.8 Å². The van der Waals surface area contributed by atoms with Gasteiger partial charge in [0.1, 0.15) is 5.56 Å². The lowest BCUT2D eigenvalue weighted by molar-refractivity contribution is -0.385. The lowest BCUT2D eigenvalue weighted by Gasteiger charge is -2.09. The van der Waals surface area contributed by atoms with Crippen LogP contribution >= 0.6 is 11.8 Å². The van der Waals surface area contributed by atoms with Crippen LogP contribution in [0.15, 0.2) is 45.7 Å². The summed E-state index contributed by atoms with van der Waals surface area (Å²) in [6.07, 6.45) is 0. The summed E-state index contributed by atoms with van der Waals surface area (Å²) in [6, 6.07) is 9.71. The number of aromatic nitrogens is 2. The first-order valence-electron chi connectivity index (χ1n) is 9.14. The highest BCUT2D eigenvalue weighted by molar-refractivity contribution is 7.99. The zero-order valence-corrected chi connectivity index (χ0v) is 18.1. The Balaban J connectivity index is 1.86. The molecule has 1 amide bonds. The van der Waals surface area contributed by atoms with Gasteiger partial charge in [-0.1, -0.05) is 25.0 Å². The summed E-state index contributed by atoms with van der Waals surface area (Å²) in [4.78, 5) is 24.5. The molecule has 0 aliphatic heterocycles. The molecule has 0 atom stereocenters. The molecule has 10 nitrogen and oxygen atoms in total. The fourth-order valence-corrected chi connectivity index (χ4v) is 3.63. The van der Waals surface area contributed by atoms with Crippen LogP contribution in [-0.2, 0) is 0 Å². The number of ether oxygens (including phenoxy) is 2. The Morgan fingerprint density at radius 2 is 1.87 bits per heavy atom. The number of rotatable bonds is 8. The first-order chi connectivity index (χ1) is 14.8. The van der Waals surface area contributed by atoms with Gasteiger partial charge in [-0.25, -0.2) is 0 Å². The number of amides is 1. The normalized spacial score (nSPS) is 10.7. The zero-order chi connectivity index (χ0) is 22.5. The average molecular weight is 444 g/mol. The third kappa shape index (κ3) is 5.12. The van der Waals surface area contributed by atoms with E-state index in [1.165, 1.54) is 20.3 Å². The van der Waals surface area contributed by atoms with Crippen LogP contribution in [0.3, 0.4) is 0 Å². The molecule has 0 saturated heterocycles. The topological polar surface area (TPSA) is 130 Å². The van der Waals surface area contributed by atoms with Gasteiger partial charge in [-0.2, -0.15) is 0 Å². The van der Waals surface area contributed by atoms with E-state index in [2.05, 4.69) is 29.4 Å². The standard InChI is InChI=1S/C20H20N4O6S/c1-11(2)31-13-7-5-6-12(8-13)19-22-23-20(30-19)21-18(25)14-9-16(28-3)17(29-4)10-15(14)24(26)27/h5-11H,1-4H3,(H,21,23,25). The molecule has 31 heavy (non-hydrogen) atoms. The van der Waals surface area contributed by atoms with Crippen molar-refractivity contribution in [3.05, 3.63) is 52.1 Å². The van der Waals surface area contributed by atoms with Crippen LogP contribution in [0.25, 0.3) is 11.5 Å². The van der Waals surface area contributed by atoms with Gasteiger partial charge in [-0.3, -0.25) is 20.2 Å². The monoisotopic (exact) mass is 444 g/mol. The van der Waals surface area contributed by atoms with Gasteiger partial charge in [-0.05, 0) is 18.2 Å². The van der Waals surface area contributed by atoms with Gasteiger partial charge >= 0.3 is 6.01 Å². The maximum atomic E-state index is 12.7. The molecule has 1 aromatic heterocycles. The third-order valence-electron chi connectivity index (χ3n) is 4.04. The lowest BCUT2D eigenvalue weighted by Crippen LogP contribution is -2.14. The third-order valence-corrected chi connectivity index (χ3v) is 5.04. The Bertz CT molecular complexity index is 1110. The second-order valence-corrected chi connectivity index (χ2v) is 8.19. The summed E-state index contributed by atoms with van der Waals surface area (Å²) in [5.41, 5.74) is 0.00165. The van der Waals surface area contributed by atoms with Crippen LogP contribution in [0.4, 0.5) is 11.7 Å². The minimum absolute atomic E-state index is 0.130. The highest BCUT2D eigenvalue weighted by atomic mass is 32.2. The summed E-state index contributed by atoms with van der Waals surface area (Å²) in [7, 11) is 2.71. The summed E-state index contributed by atoms with van der Waals surface area (Å²) in [6.45, 7) is 4.18. The second kappa shape index (κ2) is 9.47. The van der Waals surface area contributed by atoms with E-state index < -0.39 is 16.5 Å². The number of methoxy groups -OCH3 is 2. The van der Waals surface area contributed by atoms with Crippen molar-refractivity contribution in [2.45, 2.75) is 24.0 Å². The van der Waals surface area contributed by atoms with Crippen molar-refractivity contribution in [1.82, 2.24) is 10.2 Å². The SMILES string of the molecule is COc1cc(C(=O)Nc2nnc(-c3cccc(SC(C)C)c3)o2)c([N+](=O)[O-])cc1OC. The molecule has 0 unspecified atom stereocenters. The molecule has 11 heteroatoms. The molecule has 2 aromatic carbocycles. The number of nitro benzene ring substituents is 1. The molecule has 3 rings (SSSR count). The van der Waals surface area contributed by atoms with Gasteiger partial charge < -0.3 is 13.9 Å². The Labute approximate surface area is 182 Å². The van der Waals surface area contributed by atoms with E-state index >= 15 is 0 Å². The maximum absolute atomic E-state index is 12.7. The van der Waals surface area contributed by atoms with Crippen molar-refractivity contribution in [3.63, 3.8) is 0 Å². The molecule has 0 fully saturated rings. The van der Waals surface area contributed by atoms with Crippen LogP contribution in [-0.4, -0.2) is 40.5 Å². The molecule has 0 saturated carbocycles. The van der Waals surface area contributed by atoms with Crippen molar-refractivity contribution in [2.24, 2.45) is 0 Å². The lowest BCUT2D eigenvalue weighted by atomic mass is 10.1. The summed E-state index contributed by atoms with van der Waals surface area (Å²) in [5.74, 6) is -0.288. The largest absolute Gasteiger partial charge is 0.493 e. The Hall–Kier alpha value is -3.60. The van der Waals surface area contributed by atoms with Gasteiger partial charge in [0.15, 0.2) is 11.5 Å². The van der Waals surface area contributed by atoms with E-state index in [9.17, 15) is 14.9 Å². The molecule has 0 aliphatic carbocycles.